The predicted molar refractivity (Wildman–Crippen MR) is 63.2 cm³/mol. The number of rotatable bonds is 7. The Balaban J connectivity index is 2.05. The second kappa shape index (κ2) is 7.00. The SMILES string of the molecule is CCC(C)CNCCNC(=O)c1ccn[nH]1. The average Bonchev–Trinajstić information content (AvgIpc) is 2.81. The minimum atomic E-state index is -0.108. The number of nitrogens with zero attached hydrogens (tertiary/aromatic N) is 1. The number of aromatic nitrogens is 2. The second-order valence-electron chi connectivity index (χ2n) is 3.94. The first kappa shape index (κ1) is 12.7. The maximum Gasteiger partial charge on any atom is 0.269 e. The summed E-state index contributed by atoms with van der Waals surface area (Å²) in [6, 6.07) is 1.65. The van der Waals surface area contributed by atoms with Gasteiger partial charge in [0, 0.05) is 19.3 Å². The molecule has 0 radical (unpaired) electrons. The predicted octanol–water partition coefficient (Wildman–Crippen LogP) is 0.775. The molecule has 0 aliphatic rings. The number of H-pyrrole nitrogens is 1. The van der Waals surface area contributed by atoms with Crippen molar-refractivity contribution < 1.29 is 4.79 Å². The summed E-state index contributed by atoms with van der Waals surface area (Å²) in [6.45, 7) is 6.80. The normalized spacial score (nSPS) is 12.4. The molecule has 1 atom stereocenters. The number of nitrogens with one attached hydrogen (secondary N) is 3. The van der Waals surface area contributed by atoms with Crippen LogP contribution in [-0.4, -0.2) is 35.7 Å². The van der Waals surface area contributed by atoms with Crippen LogP contribution in [0.1, 0.15) is 30.8 Å². The highest BCUT2D eigenvalue weighted by atomic mass is 16.1. The van der Waals surface area contributed by atoms with Gasteiger partial charge in [-0.25, -0.2) is 0 Å². The molecule has 0 aromatic carbocycles. The lowest BCUT2D eigenvalue weighted by Crippen LogP contribution is -2.33. The van der Waals surface area contributed by atoms with Gasteiger partial charge in [-0.3, -0.25) is 9.89 Å². The Morgan fingerprint density at radius 1 is 1.56 bits per heavy atom. The molecular formula is C11H20N4O. The van der Waals surface area contributed by atoms with Gasteiger partial charge in [-0.05, 0) is 18.5 Å². The minimum absolute atomic E-state index is 0.108. The first-order valence-corrected chi connectivity index (χ1v) is 5.72. The van der Waals surface area contributed by atoms with Gasteiger partial charge in [0.1, 0.15) is 5.69 Å². The van der Waals surface area contributed by atoms with E-state index in [9.17, 15) is 4.79 Å². The Kier molecular flexibility index (Phi) is 5.56. The number of carbonyl (C=O) groups excluding carboxylic acids is 1. The van der Waals surface area contributed by atoms with Crippen LogP contribution in [0, 0.1) is 5.92 Å². The fraction of sp³-hybridized carbons (Fsp3) is 0.636. The molecule has 1 unspecified atom stereocenters. The van der Waals surface area contributed by atoms with Crippen molar-refractivity contribution in [1.82, 2.24) is 20.8 Å². The van der Waals surface area contributed by atoms with Gasteiger partial charge in [0.05, 0.1) is 0 Å². The van der Waals surface area contributed by atoms with Crippen LogP contribution in [0.4, 0.5) is 0 Å². The van der Waals surface area contributed by atoms with Crippen LogP contribution in [0.5, 0.6) is 0 Å². The zero-order valence-corrected chi connectivity index (χ0v) is 9.92. The number of hydrogen-bond donors (Lipinski definition) is 3. The molecule has 16 heavy (non-hydrogen) atoms. The van der Waals surface area contributed by atoms with E-state index < -0.39 is 0 Å². The maximum absolute atomic E-state index is 11.4. The fourth-order valence-corrected chi connectivity index (χ4v) is 1.23. The number of aromatic amines is 1. The van der Waals surface area contributed by atoms with E-state index in [1.807, 2.05) is 0 Å². The highest BCUT2D eigenvalue weighted by molar-refractivity contribution is 5.92. The highest BCUT2D eigenvalue weighted by Crippen LogP contribution is 1.96. The third kappa shape index (κ3) is 4.44. The highest BCUT2D eigenvalue weighted by Gasteiger charge is 2.04. The molecule has 0 aliphatic carbocycles. The summed E-state index contributed by atoms with van der Waals surface area (Å²) >= 11 is 0. The van der Waals surface area contributed by atoms with Gasteiger partial charge in [0.25, 0.3) is 5.91 Å². The van der Waals surface area contributed by atoms with Crippen molar-refractivity contribution in [3.05, 3.63) is 18.0 Å². The fourth-order valence-electron chi connectivity index (χ4n) is 1.23. The van der Waals surface area contributed by atoms with Crippen LogP contribution in [0.15, 0.2) is 12.3 Å². The van der Waals surface area contributed by atoms with E-state index in [0.717, 1.165) is 13.1 Å². The summed E-state index contributed by atoms with van der Waals surface area (Å²) in [5.74, 6) is 0.575. The van der Waals surface area contributed by atoms with Crippen molar-refractivity contribution in [1.29, 1.82) is 0 Å². The summed E-state index contributed by atoms with van der Waals surface area (Å²) in [5.41, 5.74) is 0.502. The first-order chi connectivity index (χ1) is 7.74. The van der Waals surface area contributed by atoms with Gasteiger partial charge in [0.2, 0.25) is 0 Å². The van der Waals surface area contributed by atoms with Gasteiger partial charge in [-0.2, -0.15) is 5.10 Å². The van der Waals surface area contributed by atoms with Crippen LogP contribution in [0.2, 0.25) is 0 Å². The summed E-state index contributed by atoms with van der Waals surface area (Å²) < 4.78 is 0. The molecule has 0 fully saturated rings. The Morgan fingerprint density at radius 2 is 2.38 bits per heavy atom. The molecule has 0 aliphatic heterocycles. The van der Waals surface area contributed by atoms with Crippen LogP contribution < -0.4 is 10.6 Å². The van der Waals surface area contributed by atoms with E-state index in [0.29, 0.717) is 18.2 Å². The smallest absolute Gasteiger partial charge is 0.269 e. The molecule has 0 saturated carbocycles. The molecule has 0 saturated heterocycles. The van der Waals surface area contributed by atoms with Crippen molar-refractivity contribution in [2.45, 2.75) is 20.3 Å². The molecule has 1 aromatic rings. The van der Waals surface area contributed by atoms with E-state index in [1.165, 1.54) is 6.42 Å². The molecule has 0 spiro atoms. The molecule has 3 N–H and O–H groups in total. The standard InChI is InChI=1S/C11H20N4O/c1-3-9(2)8-12-6-7-13-11(16)10-4-5-14-15-10/h4-5,9,12H,3,6-8H2,1-2H3,(H,13,16)(H,14,15). The molecule has 90 valence electrons. The van der Waals surface area contributed by atoms with E-state index in [-0.39, 0.29) is 5.91 Å². The molecular weight excluding hydrogens is 204 g/mol. The molecule has 5 heteroatoms. The molecule has 5 nitrogen and oxygen atoms in total. The summed E-state index contributed by atoms with van der Waals surface area (Å²) in [5, 5.41) is 12.4. The number of carbonyl (C=O) groups is 1. The van der Waals surface area contributed by atoms with Gasteiger partial charge in [-0.15, -0.1) is 0 Å². The molecule has 1 amide bonds. The van der Waals surface area contributed by atoms with E-state index in [4.69, 9.17) is 0 Å². The third-order valence-corrected chi connectivity index (χ3v) is 2.52. The topological polar surface area (TPSA) is 69.8 Å². The number of hydrogen-bond acceptors (Lipinski definition) is 3. The lowest BCUT2D eigenvalue weighted by Gasteiger charge is -2.10. The minimum Gasteiger partial charge on any atom is -0.349 e. The Morgan fingerprint density at radius 3 is 3.00 bits per heavy atom. The maximum atomic E-state index is 11.4. The van der Waals surface area contributed by atoms with Crippen molar-refractivity contribution in [2.24, 2.45) is 5.92 Å². The van der Waals surface area contributed by atoms with Gasteiger partial charge >= 0.3 is 0 Å². The third-order valence-electron chi connectivity index (χ3n) is 2.52. The molecule has 1 rings (SSSR count). The van der Waals surface area contributed by atoms with Crippen LogP contribution in [0.3, 0.4) is 0 Å². The van der Waals surface area contributed by atoms with Crippen LogP contribution >= 0.6 is 0 Å². The van der Waals surface area contributed by atoms with E-state index in [2.05, 4.69) is 34.7 Å². The number of amides is 1. The van der Waals surface area contributed by atoms with E-state index >= 15 is 0 Å². The van der Waals surface area contributed by atoms with Gasteiger partial charge in [-0.1, -0.05) is 20.3 Å². The Hall–Kier alpha value is -1.36. The van der Waals surface area contributed by atoms with Crippen molar-refractivity contribution in [3.63, 3.8) is 0 Å². The summed E-state index contributed by atoms with van der Waals surface area (Å²) in [7, 11) is 0. The monoisotopic (exact) mass is 224 g/mol. The zero-order chi connectivity index (χ0) is 11.8. The van der Waals surface area contributed by atoms with Crippen LogP contribution in [-0.2, 0) is 0 Å². The Bertz CT molecular complexity index is 297. The molecule has 1 heterocycles. The molecule has 1 aromatic heterocycles. The average molecular weight is 224 g/mol. The lowest BCUT2D eigenvalue weighted by molar-refractivity contribution is 0.0949. The Labute approximate surface area is 96.0 Å². The largest absolute Gasteiger partial charge is 0.349 e. The van der Waals surface area contributed by atoms with Crippen molar-refractivity contribution in [2.75, 3.05) is 19.6 Å². The van der Waals surface area contributed by atoms with Gasteiger partial charge < -0.3 is 10.6 Å². The summed E-state index contributed by atoms with van der Waals surface area (Å²) in [4.78, 5) is 11.4. The first-order valence-electron chi connectivity index (χ1n) is 5.72. The molecule has 0 bridgehead atoms. The van der Waals surface area contributed by atoms with Crippen molar-refractivity contribution in [3.8, 4) is 0 Å². The van der Waals surface area contributed by atoms with E-state index in [1.54, 1.807) is 12.3 Å². The summed E-state index contributed by atoms with van der Waals surface area (Å²) in [6.07, 6.45) is 2.74. The zero-order valence-electron chi connectivity index (χ0n) is 9.92. The lowest BCUT2D eigenvalue weighted by atomic mass is 10.1. The van der Waals surface area contributed by atoms with Crippen molar-refractivity contribution >= 4 is 5.91 Å². The second-order valence-corrected chi connectivity index (χ2v) is 3.94. The quantitative estimate of drug-likeness (QED) is 0.599. The van der Waals surface area contributed by atoms with Gasteiger partial charge in [0.15, 0.2) is 0 Å². The van der Waals surface area contributed by atoms with Crippen LogP contribution in [0.25, 0.3) is 0 Å².